The average molecular weight is 591 g/mol. The van der Waals surface area contributed by atoms with Gasteiger partial charge in [0.25, 0.3) is 0 Å². The maximum absolute atomic E-state index is 2.39. The Bertz CT molecular complexity index is 1640. The van der Waals surface area contributed by atoms with Crippen molar-refractivity contribution in [3.63, 3.8) is 0 Å². The van der Waals surface area contributed by atoms with Crippen LogP contribution in [0.1, 0.15) is 22.3 Å². The maximum atomic E-state index is 2.39. The van der Waals surface area contributed by atoms with Gasteiger partial charge in [-0.25, -0.2) is 0 Å². The van der Waals surface area contributed by atoms with Gasteiger partial charge in [-0.15, -0.1) is 22.7 Å². The average Bonchev–Trinajstić information content (AvgIpc) is 3.68. The number of thiophene rings is 2. The summed E-state index contributed by atoms with van der Waals surface area (Å²) < 4.78 is 2.91. The minimum atomic E-state index is -0.753. The third-order valence-corrected chi connectivity index (χ3v) is 14.9. The zero-order valence-electron chi connectivity index (χ0n) is 23.3. The van der Waals surface area contributed by atoms with E-state index in [4.69, 9.17) is 0 Å². The quantitative estimate of drug-likeness (QED) is 0.164. The van der Waals surface area contributed by atoms with Gasteiger partial charge in [0.1, 0.15) is 0 Å². The molecule has 6 aromatic rings. The van der Waals surface area contributed by atoms with Gasteiger partial charge in [0, 0.05) is 17.2 Å². The highest BCUT2D eigenvalue weighted by atomic mass is 32.1. The van der Waals surface area contributed by atoms with Gasteiger partial charge in [-0.3, -0.25) is 0 Å². The predicted molar refractivity (Wildman–Crippen MR) is 184 cm³/mol. The summed E-state index contributed by atoms with van der Waals surface area (Å²) in [5.41, 5.74) is 8.10. The van der Waals surface area contributed by atoms with Crippen molar-refractivity contribution in [3.8, 4) is 11.1 Å². The lowest BCUT2D eigenvalue weighted by atomic mass is 9.96. The van der Waals surface area contributed by atoms with E-state index in [0.29, 0.717) is 0 Å². The van der Waals surface area contributed by atoms with Crippen LogP contribution in [0.3, 0.4) is 0 Å². The lowest BCUT2D eigenvalue weighted by Gasteiger charge is -2.27. The molecule has 0 N–H and O–H groups in total. The highest BCUT2D eigenvalue weighted by Gasteiger charge is 2.27. The van der Waals surface area contributed by atoms with E-state index in [1.54, 1.807) is 0 Å². The number of aryl methyl sites for hydroxylation is 4. The molecule has 4 heteroatoms. The minimum Gasteiger partial charge on any atom is -0.143 e. The highest BCUT2D eigenvalue weighted by Crippen LogP contribution is 2.44. The van der Waals surface area contributed by atoms with Crippen LogP contribution in [0.5, 0.6) is 0 Å². The van der Waals surface area contributed by atoms with Gasteiger partial charge in [-0.2, -0.15) is 0 Å². The molecule has 0 radical (unpaired) electrons. The van der Waals surface area contributed by atoms with Gasteiger partial charge in [0.15, 0.2) is 0 Å². The molecule has 0 saturated heterocycles. The summed E-state index contributed by atoms with van der Waals surface area (Å²) >= 11 is 3.77. The second kappa shape index (κ2) is 11.9. The van der Waals surface area contributed by atoms with E-state index >= 15 is 0 Å². The van der Waals surface area contributed by atoms with E-state index in [9.17, 15) is 0 Å². The van der Waals surface area contributed by atoms with E-state index < -0.39 is 15.8 Å². The number of rotatable bonds is 7. The molecule has 6 rings (SSSR count). The second-order valence-corrected chi connectivity index (χ2v) is 17.0. The molecule has 0 fully saturated rings. The molecule has 0 atom stereocenters. The summed E-state index contributed by atoms with van der Waals surface area (Å²) in [5.74, 6) is 0. The van der Waals surface area contributed by atoms with Gasteiger partial charge < -0.3 is 0 Å². The zero-order valence-corrected chi connectivity index (χ0v) is 26.7. The molecular weight excluding hydrogens is 558 g/mol. The highest BCUT2D eigenvalue weighted by molar-refractivity contribution is 7.87. The Morgan fingerprint density at radius 3 is 1.25 bits per heavy atom. The van der Waals surface area contributed by atoms with Gasteiger partial charge >= 0.3 is 0 Å². The molecule has 0 amide bonds. The van der Waals surface area contributed by atoms with Crippen LogP contribution >= 0.6 is 38.5 Å². The monoisotopic (exact) mass is 590 g/mol. The van der Waals surface area contributed by atoms with Crippen molar-refractivity contribution in [2.45, 2.75) is 27.7 Å². The fraction of sp³-hybridized carbons (Fsp3) is 0.111. The van der Waals surface area contributed by atoms with Gasteiger partial charge in [-0.05, 0) is 102 Å². The summed E-state index contributed by atoms with van der Waals surface area (Å²) in [6.45, 7) is 8.94. The molecule has 0 bridgehead atoms. The first-order valence-electron chi connectivity index (χ1n) is 13.5. The van der Waals surface area contributed by atoms with Crippen LogP contribution in [0.2, 0.25) is 0 Å². The van der Waals surface area contributed by atoms with Crippen molar-refractivity contribution in [2.24, 2.45) is 0 Å². The van der Waals surface area contributed by atoms with Crippen molar-refractivity contribution in [3.05, 3.63) is 142 Å². The van der Waals surface area contributed by atoms with Crippen LogP contribution in [-0.2, 0) is 0 Å². The zero-order chi connectivity index (χ0) is 27.6. The second-order valence-electron chi connectivity index (χ2n) is 10.2. The smallest absolute Gasteiger partial charge is 0.0377 e. The van der Waals surface area contributed by atoms with Crippen molar-refractivity contribution < 1.29 is 0 Å². The van der Waals surface area contributed by atoms with Crippen LogP contribution in [0.25, 0.3) is 11.1 Å². The first-order chi connectivity index (χ1) is 19.5. The molecule has 198 valence electrons. The first kappa shape index (κ1) is 27.3. The third-order valence-electron chi connectivity index (χ3n) is 7.27. The summed E-state index contributed by atoms with van der Waals surface area (Å²) in [5, 5.41) is 10.1. The molecule has 2 heterocycles. The van der Waals surface area contributed by atoms with E-state index in [1.165, 1.54) is 63.8 Å². The number of benzene rings is 4. The Hall–Kier alpha value is -2.86. The van der Waals surface area contributed by atoms with Gasteiger partial charge in [0.2, 0.25) is 0 Å². The first-order valence-corrected chi connectivity index (χ1v) is 18.0. The lowest BCUT2D eigenvalue weighted by molar-refractivity contribution is 1.43. The molecule has 0 aliphatic carbocycles. The fourth-order valence-corrected chi connectivity index (χ4v) is 13.2. The Kier molecular flexibility index (Phi) is 8.15. The van der Waals surface area contributed by atoms with Crippen LogP contribution in [0.4, 0.5) is 0 Å². The lowest BCUT2D eigenvalue weighted by Crippen LogP contribution is -2.26. The molecule has 2 aromatic heterocycles. The van der Waals surface area contributed by atoms with Crippen LogP contribution in [0, 0.1) is 27.7 Å². The van der Waals surface area contributed by atoms with Gasteiger partial charge in [0.05, 0.1) is 0 Å². The number of hydrogen-bond acceptors (Lipinski definition) is 2. The summed E-state index contributed by atoms with van der Waals surface area (Å²) in [6.07, 6.45) is 0. The molecule has 0 spiro atoms. The maximum Gasteiger partial charge on any atom is 0.0377 e. The summed E-state index contributed by atoms with van der Waals surface area (Å²) in [7, 11) is -1.40. The van der Waals surface area contributed by atoms with E-state index in [0.717, 1.165) is 0 Å². The van der Waals surface area contributed by atoms with E-state index in [2.05, 4.69) is 148 Å². The van der Waals surface area contributed by atoms with Crippen LogP contribution < -0.4 is 30.5 Å². The SMILES string of the molecule is Cc1ccc(P(c2ccc(C)cc2)c2cccc(C)c2-c2c(C)cccc2P(c2cccs2)c2cccs2)cc1. The van der Waals surface area contributed by atoms with Crippen molar-refractivity contribution in [1.82, 2.24) is 0 Å². The number of hydrogen-bond donors (Lipinski definition) is 0. The van der Waals surface area contributed by atoms with Crippen molar-refractivity contribution >= 4 is 69.0 Å². The largest absolute Gasteiger partial charge is 0.143 e. The van der Waals surface area contributed by atoms with Gasteiger partial charge in [-0.1, -0.05) is 108 Å². The predicted octanol–water partition coefficient (Wildman–Crippen LogP) is 8.23. The third kappa shape index (κ3) is 5.39. The summed E-state index contributed by atoms with van der Waals surface area (Å²) in [6, 6.07) is 41.4. The Balaban J connectivity index is 1.64. The Morgan fingerprint density at radius 1 is 0.425 bits per heavy atom. The minimum absolute atomic E-state index is 0.649. The molecule has 0 unspecified atom stereocenters. The molecule has 4 aromatic carbocycles. The standard InChI is InChI=1S/C36H32P2S2/c1-25-15-19-29(20-16-25)37(30-21-17-26(2)18-22-30)31-11-5-9-27(3)35(31)36-28(4)10-6-12-32(36)38(33-13-7-23-39-33)34-14-8-24-40-34/h5-24H,1-4H3. The molecule has 0 aliphatic rings. The molecular formula is C36H32P2S2. The molecule has 40 heavy (non-hydrogen) atoms. The topological polar surface area (TPSA) is 0 Å². The van der Waals surface area contributed by atoms with Crippen molar-refractivity contribution in [2.75, 3.05) is 0 Å². The Morgan fingerprint density at radius 2 is 0.850 bits per heavy atom. The normalized spacial score (nSPS) is 11.4. The molecule has 0 nitrogen and oxygen atoms in total. The fourth-order valence-electron chi connectivity index (χ4n) is 5.28. The van der Waals surface area contributed by atoms with Crippen molar-refractivity contribution in [1.29, 1.82) is 0 Å². The van der Waals surface area contributed by atoms with E-state index in [1.807, 2.05) is 22.7 Å². The molecule has 0 aliphatic heterocycles. The Labute approximate surface area is 248 Å². The van der Waals surface area contributed by atoms with E-state index in [-0.39, 0.29) is 0 Å². The molecule has 0 saturated carbocycles. The summed E-state index contributed by atoms with van der Waals surface area (Å²) in [4.78, 5) is 0. The van der Waals surface area contributed by atoms with Crippen LogP contribution in [0.15, 0.2) is 120 Å². The van der Waals surface area contributed by atoms with Crippen LogP contribution in [-0.4, -0.2) is 0 Å².